The molecule has 0 heterocycles. The number of rotatable bonds is 5. The van der Waals surface area contributed by atoms with Gasteiger partial charge in [0.05, 0.1) is 0 Å². The number of hydrogen-bond acceptors (Lipinski definition) is 3. The molecular weight excluding hydrogens is 236 g/mol. The van der Waals surface area contributed by atoms with Gasteiger partial charge in [0.25, 0.3) is 0 Å². The highest BCUT2D eigenvalue weighted by Crippen LogP contribution is 2.13. The zero-order chi connectivity index (χ0) is 12.8. The van der Waals surface area contributed by atoms with Gasteiger partial charge in [0.15, 0.2) is 0 Å². The van der Waals surface area contributed by atoms with Gasteiger partial charge in [0.1, 0.15) is 17.1 Å². The molecule has 1 aromatic rings. The first kappa shape index (κ1) is 13.6. The molecule has 0 bridgehead atoms. The average molecular weight is 252 g/mol. The fourth-order valence-electron chi connectivity index (χ4n) is 1.33. The zero-order valence-corrected chi connectivity index (χ0v) is 10.7. The number of thiocarbonyl (C=S) groups is 1. The minimum atomic E-state index is -0.532. The predicted octanol–water partition coefficient (Wildman–Crippen LogP) is 1.16. The first-order valence-corrected chi connectivity index (χ1v) is 5.64. The number of hydrogen-bond donors (Lipinski definition) is 2. The molecule has 5 heteroatoms. The van der Waals surface area contributed by atoms with Gasteiger partial charge in [-0.1, -0.05) is 42.5 Å². The van der Waals surface area contributed by atoms with Gasteiger partial charge in [-0.3, -0.25) is 4.79 Å². The van der Waals surface area contributed by atoms with Gasteiger partial charge in [-0.25, -0.2) is 0 Å². The van der Waals surface area contributed by atoms with Crippen molar-refractivity contribution in [2.24, 2.45) is 5.73 Å². The maximum atomic E-state index is 11.7. The van der Waals surface area contributed by atoms with Crippen molar-refractivity contribution in [3.8, 4) is 0 Å². The molecule has 1 aromatic carbocycles. The Balaban J connectivity index is 2.82. The van der Waals surface area contributed by atoms with Crippen LogP contribution >= 0.6 is 12.2 Å². The highest BCUT2D eigenvalue weighted by molar-refractivity contribution is 7.80. The van der Waals surface area contributed by atoms with E-state index < -0.39 is 12.1 Å². The fourth-order valence-corrected chi connectivity index (χ4v) is 1.53. The summed E-state index contributed by atoms with van der Waals surface area (Å²) in [6, 6.07) is 8.89. The maximum Gasteiger partial charge on any atom is 0.249 e. The average Bonchev–Trinajstić information content (AvgIpc) is 2.35. The summed E-state index contributed by atoms with van der Waals surface area (Å²) >= 11 is 4.96. The normalized spacial score (nSPS) is 13.8. The van der Waals surface area contributed by atoms with Crippen molar-refractivity contribution >= 4 is 23.1 Å². The first-order valence-electron chi connectivity index (χ1n) is 5.23. The highest BCUT2D eigenvalue weighted by Gasteiger charge is 2.20. The lowest BCUT2D eigenvalue weighted by molar-refractivity contribution is -0.130. The third-order valence-electron chi connectivity index (χ3n) is 2.43. The second-order valence-electron chi connectivity index (χ2n) is 3.63. The third kappa shape index (κ3) is 3.80. The highest BCUT2D eigenvalue weighted by atomic mass is 32.1. The standard InChI is InChI=1S/C12H16N2O2S/c1-8(16-2)12(15)14-10(11(13)17)9-6-4-3-5-7-9/h3-8,10H,1-2H3,(H2,13,17)(H,14,15). The van der Waals surface area contributed by atoms with Crippen molar-refractivity contribution in [1.82, 2.24) is 5.32 Å². The Morgan fingerprint density at radius 1 is 1.41 bits per heavy atom. The van der Waals surface area contributed by atoms with E-state index in [1.54, 1.807) is 6.92 Å². The molecule has 0 saturated heterocycles. The lowest BCUT2D eigenvalue weighted by Crippen LogP contribution is -2.41. The van der Waals surface area contributed by atoms with Crippen molar-refractivity contribution in [3.63, 3.8) is 0 Å². The summed E-state index contributed by atoms with van der Waals surface area (Å²) in [5.41, 5.74) is 6.49. The molecule has 0 aliphatic rings. The predicted molar refractivity (Wildman–Crippen MR) is 70.6 cm³/mol. The largest absolute Gasteiger partial charge is 0.391 e. The van der Waals surface area contributed by atoms with E-state index in [1.807, 2.05) is 30.3 Å². The van der Waals surface area contributed by atoms with Crippen LogP contribution in [0.3, 0.4) is 0 Å². The molecule has 1 rings (SSSR count). The molecule has 92 valence electrons. The molecule has 2 atom stereocenters. The SMILES string of the molecule is COC(C)C(=O)NC(C(N)=S)c1ccccc1. The quantitative estimate of drug-likeness (QED) is 0.772. The lowest BCUT2D eigenvalue weighted by atomic mass is 10.1. The maximum absolute atomic E-state index is 11.7. The van der Waals surface area contributed by atoms with Crippen LogP contribution in [0.2, 0.25) is 0 Å². The molecule has 0 spiro atoms. The van der Waals surface area contributed by atoms with Crippen molar-refractivity contribution in [2.45, 2.75) is 19.1 Å². The molecule has 0 aliphatic heterocycles. The Labute approximate surface area is 106 Å². The smallest absolute Gasteiger partial charge is 0.249 e. The number of nitrogens with two attached hydrogens (primary N) is 1. The summed E-state index contributed by atoms with van der Waals surface area (Å²) < 4.78 is 4.93. The van der Waals surface area contributed by atoms with Crippen LogP contribution in [0.25, 0.3) is 0 Å². The Hall–Kier alpha value is -1.46. The fraction of sp³-hybridized carbons (Fsp3) is 0.333. The van der Waals surface area contributed by atoms with Crippen LogP contribution in [0.4, 0.5) is 0 Å². The number of carbonyl (C=O) groups is 1. The van der Waals surface area contributed by atoms with E-state index in [4.69, 9.17) is 22.7 Å². The second-order valence-corrected chi connectivity index (χ2v) is 4.10. The molecule has 17 heavy (non-hydrogen) atoms. The van der Waals surface area contributed by atoms with Gasteiger partial charge in [-0.2, -0.15) is 0 Å². The summed E-state index contributed by atoms with van der Waals surface area (Å²) in [6.45, 7) is 1.66. The Kier molecular flexibility index (Phi) is 5.06. The topological polar surface area (TPSA) is 64.3 Å². The van der Waals surface area contributed by atoms with Crippen LogP contribution in [0.15, 0.2) is 30.3 Å². The van der Waals surface area contributed by atoms with Gasteiger partial charge in [0.2, 0.25) is 5.91 Å². The number of ether oxygens (including phenoxy) is 1. The van der Waals surface area contributed by atoms with E-state index in [1.165, 1.54) is 7.11 Å². The molecular formula is C12H16N2O2S. The molecule has 3 N–H and O–H groups in total. The van der Waals surface area contributed by atoms with Gasteiger partial charge in [-0.15, -0.1) is 0 Å². The van der Waals surface area contributed by atoms with E-state index >= 15 is 0 Å². The minimum absolute atomic E-state index is 0.229. The summed E-state index contributed by atoms with van der Waals surface area (Å²) in [5, 5.41) is 2.75. The molecule has 0 radical (unpaired) electrons. The van der Waals surface area contributed by atoms with E-state index in [9.17, 15) is 4.79 Å². The van der Waals surface area contributed by atoms with Gasteiger partial charge < -0.3 is 15.8 Å². The summed E-state index contributed by atoms with van der Waals surface area (Å²) in [4.78, 5) is 11.9. The first-order chi connectivity index (χ1) is 8.06. The number of amides is 1. The van der Waals surface area contributed by atoms with E-state index in [0.29, 0.717) is 0 Å². The van der Waals surface area contributed by atoms with Crippen LogP contribution in [0.1, 0.15) is 18.5 Å². The minimum Gasteiger partial charge on any atom is -0.391 e. The van der Waals surface area contributed by atoms with Crippen LogP contribution in [0, 0.1) is 0 Å². The molecule has 4 nitrogen and oxygen atoms in total. The van der Waals surface area contributed by atoms with Crippen LogP contribution in [-0.2, 0) is 9.53 Å². The molecule has 0 aliphatic carbocycles. The monoisotopic (exact) mass is 252 g/mol. The van der Waals surface area contributed by atoms with Crippen molar-refractivity contribution in [2.75, 3.05) is 7.11 Å². The van der Waals surface area contributed by atoms with Gasteiger partial charge in [-0.05, 0) is 12.5 Å². The van der Waals surface area contributed by atoms with Crippen molar-refractivity contribution in [1.29, 1.82) is 0 Å². The molecule has 0 fully saturated rings. The Bertz CT molecular complexity index is 395. The summed E-state index contributed by atoms with van der Waals surface area (Å²) in [7, 11) is 1.47. The number of carbonyl (C=O) groups excluding carboxylic acids is 1. The van der Waals surface area contributed by atoms with E-state index in [2.05, 4.69) is 5.32 Å². The van der Waals surface area contributed by atoms with E-state index in [-0.39, 0.29) is 10.9 Å². The van der Waals surface area contributed by atoms with Crippen LogP contribution in [-0.4, -0.2) is 24.1 Å². The number of benzene rings is 1. The molecule has 1 amide bonds. The third-order valence-corrected chi connectivity index (χ3v) is 2.66. The lowest BCUT2D eigenvalue weighted by Gasteiger charge is -2.19. The van der Waals surface area contributed by atoms with Crippen molar-refractivity contribution in [3.05, 3.63) is 35.9 Å². The molecule has 0 aromatic heterocycles. The number of nitrogens with one attached hydrogen (secondary N) is 1. The van der Waals surface area contributed by atoms with Gasteiger partial charge >= 0.3 is 0 Å². The number of methoxy groups -OCH3 is 1. The summed E-state index contributed by atoms with van der Waals surface area (Å²) in [6.07, 6.45) is -0.532. The second kappa shape index (κ2) is 6.32. The molecule has 2 unspecified atom stereocenters. The zero-order valence-electron chi connectivity index (χ0n) is 9.84. The summed E-state index contributed by atoms with van der Waals surface area (Å²) in [5.74, 6) is -0.242. The van der Waals surface area contributed by atoms with Gasteiger partial charge in [0, 0.05) is 7.11 Å². The van der Waals surface area contributed by atoms with Crippen molar-refractivity contribution < 1.29 is 9.53 Å². The Morgan fingerprint density at radius 3 is 2.47 bits per heavy atom. The van der Waals surface area contributed by atoms with Crippen LogP contribution in [0.5, 0.6) is 0 Å². The molecule has 0 saturated carbocycles. The Morgan fingerprint density at radius 2 is 2.00 bits per heavy atom. The van der Waals surface area contributed by atoms with Crippen LogP contribution < -0.4 is 11.1 Å². The van der Waals surface area contributed by atoms with E-state index in [0.717, 1.165) is 5.56 Å².